The van der Waals surface area contributed by atoms with Crippen LogP contribution in [0.4, 0.5) is 0 Å². The summed E-state index contributed by atoms with van der Waals surface area (Å²) in [5, 5.41) is 2.24. The highest BCUT2D eigenvalue weighted by Gasteiger charge is 2.14. The van der Waals surface area contributed by atoms with Crippen molar-refractivity contribution in [3.63, 3.8) is 0 Å². The Labute approximate surface area is 116 Å². The zero-order chi connectivity index (χ0) is 13.9. The van der Waals surface area contributed by atoms with Gasteiger partial charge in [-0.3, -0.25) is 0 Å². The van der Waals surface area contributed by atoms with Crippen LogP contribution in [0.15, 0.2) is 53.1 Å². The molecule has 0 aliphatic carbocycles. The lowest BCUT2D eigenvalue weighted by molar-refractivity contribution is 0.0491. The average molecular weight is 267 g/mol. The van der Waals surface area contributed by atoms with E-state index in [0.29, 0.717) is 12.5 Å². The molecule has 100 valence electrons. The molecule has 0 amide bonds. The molecule has 0 N–H and O–H groups in total. The molecule has 0 atom stereocenters. The van der Waals surface area contributed by atoms with Crippen LogP contribution in [0.3, 0.4) is 0 Å². The predicted molar refractivity (Wildman–Crippen MR) is 75.4 cm³/mol. The summed E-state index contributed by atoms with van der Waals surface area (Å²) in [7, 11) is 0. The molecule has 0 spiro atoms. The van der Waals surface area contributed by atoms with E-state index in [4.69, 9.17) is 9.15 Å². The number of fused-ring (bicyclic) bond motifs is 1. The molecule has 3 rings (SSSR count). The Morgan fingerprint density at radius 2 is 2.00 bits per heavy atom. The van der Waals surface area contributed by atoms with E-state index in [1.807, 2.05) is 42.5 Å². The predicted octanol–water partition coefficient (Wildman–Crippen LogP) is 3.67. The van der Waals surface area contributed by atoms with Crippen LogP contribution in [0, 0.1) is 0 Å². The molecule has 0 aliphatic rings. The first-order valence-corrected chi connectivity index (χ1v) is 6.40. The van der Waals surface area contributed by atoms with E-state index in [1.165, 1.54) is 6.20 Å². The Hall–Kier alpha value is -2.62. The fourth-order valence-electron chi connectivity index (χ4n) is 2.03. The number of nitrogens with zero attached hydrogens (tertiary/aromatic N) is 1. The van der Waals surface area contributed by atoms with Crippen LogP contribution in [-0.4, -0.2) is 17.6 Å². The summed E-state index contributed by atoms with van der Waals surface area (Å²) in [4.78, 5) is 15.7. The van der Waals surface area contributed by atoms with Crippen molar-refractivity contribution in [2.45, 2.75) is 6.92 Å². The van der Waals surface area contributed by atoms with Gasteiger partial charge < -0.3 is 9.15 Å². The first-order valence-electron chi connectivity index (χ1n) is 6.40. The van der Waals surface area contributed by atoms with Gasteiger partial charge in [-0.05, 0) is 29.8 Å². The van der Waals surface area contributed by atoms with E-state index in [9.17, 15) is 4.79 Å². The summed E-state index contributed by atoms with van der Waals surface area (Å²) in [6.07, 6.45) is 1.39. The van der Waals surface area contributed by atoms with Gasteiger partial charge in [0, 0.05) is 5.56 Å². The molecule has 0 unspecified atom stereocenters. The molecule has 3 aromatic rings. The fraction of sp³-hybridized carbons (Fsp3) is 0.125. The second kappa shape index (κ2) is 5.17. The summed E-state index contributed by atoms with van der Waals surface area (Å²) < 4.78 is 10.3. The van der Waals surface area contributed by atoms with Crippen LogP contribution in [0.2, 0.25) is 0 Å². The van der Waals surface area contributed by atoms with E-state index in [2.05, 4.69) is 4.98 Å². The number of carbonyl (C=O) groups excluding carboxylic acids is 1. The Balaban J connectivity index is 1.96. The van der Waals surface area contributed by atoms with Crippen molar-refractivity contribution in [1.82, 2.24) is 4.98 Å². The zero-order valence-electron chi connectivity index (χ0n) is 11.0. The molecule has 20 heavy (non-hydrogen) atoms. The van der Waals surface area contributed by atoms with Gasteiger partial charge in [-0.1, -0.05) is 30.3 Å². The number of rotatable bonds is 3. The van der Waals surface area contributed by atoms with Gasteiger partial charge in [0.15, 0.2) is 0 Å². The van der Waals surface area contributed by atoms with Gasteiger partial charge in [0.2, 0.25) is 11.7 Å². The van der Waals surface area contributed by atoms with Crippen LogP contribution in [0.5, 0.6) is 0 Å². The molecule has 0 saturated heterocycles. The van der Waals surface area contributed by atoms with Crippen molar-refractivity contribution in [1.29, 1.82) is 0 Å². The monoisotopic (exact) mass is 267 g/mol. The highest BCUT2D eigenvalue weighted by molar-refractivity contribution is 5.88. The molecule has 4 nitrogen and oxygen atoms in total. The summed E-state index contributed by atoms with van der Waals surface area (Å²) in [5.74, 6) is 0.0425. The zero-order valence-corrected chi connectivity index (χ0v) is 11.0. The molecular formula is C16H13NO3. The molecule has 0 saturated carbocycles. The minimum absolute atomic E-state index is 0.120. The number of hydrogen-bond donors (Lipinski definition) is 0. The van der Waals surface area contributed by atoms with Crippen LogP contribution >= 0.6 is 0 Å². The van der Waals surface area contributed by atoms with Crippen molar-refractivity contribution in [3.8, 4) is 11.5 Å². The Morgan fingerprint density at radius 3 is 2.80 bits per heavy atom. The van der Waals surface area contributed by atoms with Gasteiger partial charge in [0.05, 0.1) is 12.8 Å². The van der Waals surface area contributed by atoms with Crippen LogP contribution in [0.25, 0.3) is 22.2 Å². The SMILES string of the molecule is CCOC(=O)c1cnc(-c2ccc3ccccc3c2)o1. The van der Waals surface area contributed by atoms with Gasteiger partial charge in [-0.25, -0.2) is 9.78 Å². The van der Waals surface area contributed by atoms with Crippen molar-refractivity contribution < 1.29 is 13.9 Å². The number of carbonyl (C=O) groups is 1. The maximum absolute atomic E-state index is 11.5. The Kier molecular flexibility index (Phi) is 3.21. The van der Waals surface area contributed by atoms with Gasteiger partial charge in [-0.2, -0.15) is 0 Å². The number of esters is 1. The van der Waals surface area contributed by atoms with Crippen molar-refractivity contribution >= 4 is 16.7 Å². The molecule has 0 bridgehead atoms. The molecule has 1 heterocycles. The molecule has 1 aromatic heterocycles. The largest absolute Gasteiger partial charge is 0.460 e. The van der Waals surface area contributed by atoms with Crippen molar-refractivity contribution in [2.75, 3.05) is 6.61 Å². The third kappa shape index (κ3) is 2.28. The maximum atomic E-state index is 11.5. The van der Waals surface area contributed by atoms with E-state index < -0.39 is 5.97 Å². The van der Waals surface area contributed by atoms with Crippen LogP contribution in [-0.2, 0) is 4.74 Å². The van der Waals surface area contributed by atoms with Gasteiger partial charge >= 0.3 is 5.97 Å². The Morgan fingerprint density at radius 1 is 1.20 bits per heavy atom. The normalized spacial score (nSPS) is 10.7. The van der Waals surface area contributed by atoms with E-state index in [1.54, 1.807) is 6.92 Å². The average Bonchev–Trinajstić information content (AvgIpc) is 2.97. The minimum Gasteiger partial charge on any atom is -0.460 e. The molecular weight excluding hydrogens is 254 g/mol. The van der Waals surface area contributed by atoms with Crippen LogP contribution in [0.1, 0.15) is 17.5 Å². The van der Waals surface area contributed by atoms with Crippen LogP contribution < -0.4 is 0 Å². The topological polar surface area (TPSA) is 52.3 Å². The minimum atomic E-state index is -0.493. The highest BCUT2D eigenvalue weighted by Crippen LogP contribution is 2.24. The number of benzene rings is 2. The third-order valence-electron chi connectivity index (χ3n) is 2.98. The fourth-order valence-corrected chi connectivity index (χ4v) is 2.03. The standard InChI is InChI=1S/C16H13NO3/c1-2-19-16(18)14-10-17-15(20-14)13-8-7-11-5-3-4-6-12(11)9-13/h3-10H,2H2,1H3. The lowest BCUT2D eigenvalue weighted by Gasteiger charge is -2.00. The van der Waals surface area contributed by atoms with Gasteiger partial charge in [0.25, 0.3) is 0 Å². The third-order valence-corrected chi connectivity index (χ3v) is 2.98. The molecule has 0 aliphatic heterocycles. The molecule has 4 heteroatoms. The first-order chi connectivity index (χ1) is 9.78. The number of aromatic nitrogens is 1. The summed E-state index contributed by atoms with van der Waals surface area (Å²) in [6, 6.07) is 13.9. The van der Waals surface area contributed by atoms with E-state index >= 15 is 0 Å². The van der Waals surface area contributed by atoms with E-state index in [0.717, 1.165) is 16.3 Å². The second-order valence-electron chi connectivity index (χ2n) is 4.31. The van der Waals surface area contributed by atoms with E-state index in [-0.39, 0.29) is 5.76 Å². The maximum Gasteiger partial charge on any atom is 0.375 e. The molecule has 0 radical (unpaired) electrons. The number of oxazole rings is 1. The lowest BCUT2D eigenvalue weighted by Crippen LogP contribution is -2.02. The quantitative estimate of drug-likeness (QED) is 0.679. The van der Waals surface area contributed by atoms with Crippen molar-refractivity contribution in [3.05, 3.63) is 54.4 Å². The lowest BCUT2D eigenvalue weighted by atomic mass is 10.1. The second-order valence-corrected chi connectivity index (χ2v) is 4.31. The molecule has 0 fully saturated rings. The van der Waals surface area contributed by atoms with Crippen molar-refractivity contribution in [2.24, 2.45) is 0 Å². The Bertz CT molecular complexity index is 761. The molecule has 2 aromatic carbocycles. The highest BCUT2D eigenvalue weighted by atomic mass is 16.5. The number of ether oxygens (including phenoxy) is 1. The summed E-state index contributed by atoms with van der Waals surface area (Å²) in [6.45, 7) is 2.06. The smallest absolute Gasteiger partial charge is 0.375 e. The van der Waals surface area contributed by atoms with Gasteiger partial charge in [0.1, 0.15) is 0 Å². The summed E-state index contributed by atoms with van der Waals surface area (Å²) in [5.41, 5.74) is 0.833. The first kappa shape index (κ1) is 12.4. The summed E-state index contributed by atoms with van der Waals surface area (Å²) >= 11 is 0. The number of hydrogen-bond acceptors (Lipinski definition) is 4. The van der Waals surface area contributed by atoms with Gasteiger partial charge in [-0.15, -0.1) is 0 Å².